The number of benzene rings is 1. The molecule has 0 spiro atoms. The Morgan fingerprint density at radius 3 is 2.37 bits per heavy atom. The molecule has 7 heteroatoms. The van der Waals surface area contributed by atoms with Crippen molar-refractivity contribution in [2.24, 2.45) is 0 Å². The molecule has 3 rings (SSSR count). The molecule has 0 bridgehead atoms. The lowest BCUT2D eigenvalue weighted by Gasteiger charge is -2.26. The van der Waals surface area contributed by atoms with Gasteiger partial charge in [-0.2, -0.15) is 0 Å². The van der Waals surface area contributed by atoms with Gasteiger partial charge in [-0.25, -0.2) is 13.1 Å². The molecular formula is C23H31N3O3S. The van der Waals surface area contributed by atoms with E-state index in [0.717, 1.165) is 42.8 Å². The summed E-state index contributed by atoms with van der Waals surface area (Å²) in [7, 11) is -3.27. The molecule has 2 aromatic rings. The molecule has 0 aliphatic carbocycles. The molecule has 1 aromatic carbocycles. The summed E-state index contributed by atoms with van der Waals surface area (Å²) in [4.78, 5) is 19.1. The van der Waals surface area contributed by atoms with Crippen molar-refractivity contribution >= 4 is 15.9 Å². The molecule has 1 aliphatic heterocycles. The van der Waals surface area contributed by atoms with Crippen LogP contribution in [0.4, 0.5) is 0 Å². The van der Waals surface area contributed by atoms with Gasteiger partial charge in [0.05, 0.1) is 10.9 Å². The number of nitrogens with one attached hydrogen (secondary N) is 1. The SMILES string of the molecule is CC(C)S(=O)(=O)NC[C@H](C)c1ccc(-c2cc(C(=O)N3CCCCC3)ccn2)cc1. The van der Waals surface area contributed by atoms with E-state index in [0.29, 0.717) is 12.1 Å². The van der Waals surface area contributed by atoms with E-state index < -0.39 is 15.3 Å². The Kier molecular flexibility index (Phi) is 7.26. The lowest BCUT2D eigenvalue weighted by atomic mass is 9.99. The molecule has 1 aliphatic rings. The van der Waals surface area contributed by atoms with E-state index >= 15 is 0 Å². The summed E-state index contributed by atoms with van der Waals surface area (Å²) in [5.41, 5.74) is 3.41. The standard InChI is InChI=1S/C23H31N3O3S/c1-17(2)30(28,29)25-16-18(3)19-7-9-20(10-8-19)22-15-21(11-12-24-22)23(27)26-13-5-4-6-14-26/h7-12,15,17-18,25H,4-6,13-14,16H2,1-3H3/t18-/m0/s1. The molecule has 1 fully saturated rings. The third-order valence-corrected chi connectivity index (χ3v) is 7.45. The Hall–Kier alpha value is -2.25. The van der Waals surface area contributed by atoms with Crippen molar-refractivity contribution in [3.8, 4) is 11.3 Å². The van der Waals surface area contributed by atoms with Crippen LogP contribution in [0.2, 0.25) is 0 Å². The van der Waals surface area contributed by atoms with Crippen LogP contribution in [0, 0.1) is 0 Å². The molecule has 30 heavy (non-hydrogen) atoms. The number of sulfonamides is 1. The van der Waals surface area contributed by atoms with Crippen molar-refractivity contribution < 1.29 is 13.2 Å². The minimum absolute atomic E-state index is 0.0487. The first-order chi connectivity index (χ1) is 14.3. The molecular weight excluding hydrogens is 398 g/mol. The van der Waals surface area contributed by atoms with Crippen molar-refractivity contribution in [1.29, 1.82) is 0 Å². The first-order valence-corrected chi connectivity index (χ1v) is 12.2. The Morgan fingerprint density at radius 1 is 1.07 bits per heavy atom. The number of hydrogen-bond donors (Lipinski definition) is 1. The second-order valence-electron chi connectivity index (χ2n) is 8.25. The molecule has 1 aromatic heterocycles. The predicted molar refractivity (Wildman–Crippen MR) is 120 cm³/mol. The van der Waals surface area contributed by atoms with Crippen molar-refractivity contribution in [1.82, 2.24) is 14.6 Å². The number of rotatable bonds is 7. The summed E-state index contributed by atoms with van der Waals surface area (Å²) in [6.07, 6.45) is 5.01. The monoisotopic (exact) mass is 429 g/mol. The minimum Gasteiger partial charge on any atom is -0.339 e. The van der Waals surface area contributed by atoms with Crippen molar-refractivity contribution in [2.45, 2.75) is 51.2 Å². The van der Waals surface area contributed by atoms with Gasteiger partial charge in [0.25, 0.3) is 5.91 Å². The average molecular weight is 430 g/mol. The quantitative estimate of drug-likeness (QED) is 0.726. The van der Waals surface area contributed by atoms with Gasteiger partial charge in [0.2, 0.25) is 10.0 Å². The van der Waals surface area contributed by atoms with Gasteiger partial charge >= 0.3 is 0 Å². The molecule has 0 unspecified atom stereocenters. The van der Waals surface area contributed by atoms with Crippen molar-refractivity contribution in [3.63, 3.8) is 0 Å². The zero-order chi connectivity index (χ0) is 21.7. The first-order valence-electron chi connectivity index (χ1n) is 10.6. The van der Waals surface area contributed by atoms with Crippen molar-refractivity contribution in [2.75, 3.05) is 19.6 Å². The second kappa shape index (κ2) is 9.71. The van der Waals surface area contributed by atoms with Crippen LogP contribution in [0.1, 0.15) is 61.9 Å². The highest BCUT2D eigenvalue weighted by Crippen LogP contribution is 2.23. The van der Waals surface area contributed by atoms with Crippen LogP contribution in [0.3, 0.4) is 0 Å². The van der Waals surface area contributed by atoms with Crippen LogP contribution in [0.25, 0.3) is 11.3 Å². The fourth-order valence-electron chi connectivity index (χ4n) is 3.51. The minimum atomic E-state index is -3.27. The zero-order valence-electron chi connectivity index (χ0n) is 18.0. The van der Waals surface area contributed by atoms with E-state index in [2.05, 4.69) is 9.71 Å². The number of carbonyl (C=O) groups is 1. The summed E-state index contributed by atoms with van der Waals surface area (Å²) in [6, 6.07) is 11.6. The van der Waals surface area contributed by atoms with Gasteiger partial charge in [-0.1, -0.05) is 31.2 Å². The van der Waals surface area contributed by atoms with E-state index in [4.69, 9.17) is 0 Å². The molecule has 162 valence electrons. The van der Waals surface area contributed by atoms with Crippen molar-refractivity contribution in [3.05, 3.63) is 53.7 Å². The van der Waals surface area contributed by atoms with E-state index in [1.807, 2.05) is 42.2 Å². The predicted octanol–water partition coefficient (Wildman–Crippen LogP) is 3.81. The van der Waals surface area contributed by atoms with Crippen LogP contribution >= 0.6 is 0 Å². The first kappa shape index (κ1) is 22.4. The van der Waals surface area contributed by atoms with Crippen LogP contribution < -0.4 is 4.72 Å². The number of hydrogen-bond acceptors (Lipinski definition) is 4. The number of aromatic nitrogens is 1. The molecule has 6 nitrogen and oxygen atoms in total. The van der Waals surface area contributed by atoms with Gasteiger partial charge in [0.1, 0.15) is 0 Å². The Morgan fingerprint density at radius 2 is 1.73 bits per heavy atom. The van der Waals surface area contributed by atoms with Gasteiger partial charge in [0, 0.05) is 37.0 Å². The largest absolute Gasteiger partial charge is 0.339 e. The third-order valence-electron chi connectivity index (χ3n) is 5.64. The number of likely N-dealkylation sites (tertiary alicyclic amines) is 1. The second-order valence-corrected chi connectivity index (χ2v) is 10.6. The van der Waals surface area contributed by atoms with Crippen LogP contribution in [-0.4, -0.2) is 49.1 Å². The topological polar surface area (TPSA) is 79.4 Å². The lowest BCUT2D eigenvalue weighted by Crippen LogP contribution is -2.35. The van der Waals surface area contributed by atoms with Gasteiger partial charge in [-0.3, -0.25) is 9.78 Å². The molecule has 0 saturated carbocycles. The average Bonchev–Trinajstić information content (AvgIpc) is 2.77. The Bertz CT molecular complexity index is 965. The highest BCUT2D eigenvalue weighted by molar-refractivity contribution is 7.90. The molecule has 1 amide bonds. The number of carbonyl (C=O) groups excluding carboxylic acids is 1. The van der Waals surface area contributed by atoms with E-state index in [9.17, 15) is 13.2 Å². The number of piperidine rings is 1. The summed E-state index contributed by atoms with van der Waals surface area (Å²) in [5.74, 6) is 0.119. The maximum atomic E-state index is 12.8. The van der Waals surface area contributed by atoms with Crippen LogP contribution in [-0.2, 0) is 10.0 Å². The molecule has 1 atom stereocenters. The van der Waals surface area contributed by atoms with E-state index in [-0.39, 0.29) is 11.8 Å². The summed E-state index contributed by atoms with van der Waals surface area (Å²) in [6.45, 7) is 7.33. The summed E-state index contributed by atoms with van der Waals surface area (Å²) in [5, 5.41) is -0.446. The molecule has 1 saturated heterocycles. The normalized spacial score (nSPS) is 15.9. The van der Waals surface area contributed by atoms with E-state index in [1.54, 1.807) is 26.1 Å². The van der Waals surface area contributed by atoms with Gasteiger partial charge in [0.15, 0.2) is 0 Å². The van der Waals surface area contributed by atoms with Crippen LogP contribution in [0.15, 0.2) is 42.6 Å². The third kappa shape index (κ3) is 5.46. The number of amides is 1. The fourth-order valence-corrected chi connectivity index (χ4v) is 4.32. The summed E-state index contributed by atoms with van der Waals surface area (Å²) >= 11 is 0. The zero-order valence-corrected chi connectivity index (χ0v) is 18.8. The maximum absolute atomic E-state index is 12.8. The van der Waals surface area contributed by atoms with Gasteiger partial charge < -0.3 is 4.90 Å². The number of nitrogens with zero attached hydrogens (tertiary/aromatic N) is 2. The lowest BCUT2D eigenvalue weighted by molar-refractivity contribution is 0.0724. The molecule has 2 heterocycles. The van der Waals surface area contributed by atoms with Crippen LogP contribution in [0.5, 0.6) is 0 Å². The number of pyridine rings is 1. The highest BCUT2D eigenvalue weighted by Gasteiger charge is 2.19. The Labute approximate surface area is 179 Å². The Balaban J connectivity index is 1.69. The smallest absolute Gasteiger partial charge is 0.253 e. The van der Waals surface area contributed by atoms with E-state index in [1.165, 1.54) is 6.42 Å². The molecule has 1 N–H and O–H groups in total. The summed E-state index contributed by atoms with van der Waals surface area (Å²) < 4.78 is 26.6. The molecule has 0 radical (unpaired) electrons. The van der Waals surface area contributed by atoms with Gasteiger partial charge in [-0.15, -0.1) is 0 Å². The highest BCUT2D eigenvalue weighted by atomic mass is 32.2. The maximum Gasteiger partial charge on any atom is 0.253 e. The van der Waals surface area contributed by atoms with Gasteiger partial charge in [-0.05, 0) is 56.7 Å². The fraction of sp³-hybridized carbons (Fsp3) is 0.478.